The van der Waals surface area contributed by atoms with Crippen LogP contribution in [0, 0.1) is 0 Å². The maximum absolute atomic E-state index is 12.4. The molecule has 0 radical (unpaired) electrons. The molecule has 18 heavy (non-hydrogen) atoms. The molecule has 0 spiro atoms. The minimum Gasteiger partial charge on any atom is -0.207 e. The van der Waals surface area contributed by atoms with E-state index in [0.29, 0.717) is 0 Å². The smallest absolute Gasteiger partial charge is 0.207 e. The molecule has 0 saturated heterocycles. The number of hydrogen-bond acceptors (Lipinski definition) is 2. The van der Waals surface area contributed by atoms with E-state index in [4.69, 9.17) is 23.2 Å². The van der Waals surface area contributed by atoms with Crippen LogP contribution in [0.4, 0.5) is 0 Å². The van der Waals surface area contributed by atoms with Crippen molar-refractivity contribution < 1.29 is 8.42 Å². The van der Waals surface area contributed by atoms with E-state index in [2.05, 4.69) is 0 Å². The van der Waals surface area contributed by atoms with Crippen molar-refractivity contribution in [1.29, 1.82) is 0 Å². The Morgan fingerprint density at radius 1 is 1.39 bits per heavy atom. The zero-order valence-corrected chi connectivity index (χ0v) is 13.0. The Hall–Kier alpha value is -0.290. The predicted octanol–water partition coefficient (Wildman–Crippen LogP) is 3.50. The molecule has 0 fully saturated rings. The molecule has 0 amide bonds. The Bertz CT molecular complexity index is 517. The van der Waals surface area contributed by atoms with Crippen LogP contribution in [0.5, 0.6) is 0 Å². The minimum atomic E-state index is -3.57. The molecular formula is C12H17Cl2NO2S. The molecule has 0 bridgehead atoms. The van der Waals surface area contributed by atoms with E-state index in [-0.39, 0.29) is 21.8 Å². The molecular weight excluding hydrogens is 293 g/mol. The lowest BCUT2D eigenvalue weighted by atomic mass is 10.2. The van der Waals surface area contributed by atoms with Crippen molar-refractivity contribution in [2.45, 2.75) is 37.1 Å². The Kier molecular flexibility index (Phi) is 5.46. The third kappa shape index (κ3) is 3.18. The van der Waals surface area contributed by atoms with E-state index in [1.54, 1.807) is 19.2 Å². The summed E-state index contributed by atoms with van der Waals surface area (Å²) in [5, 5.41) is 0.221. The Morgan fingerprint density at radius 3 is 2.50 bits per heavy atom. The Balaban J connectivity index is 3.27. The lowest BCUT2D eigenvalue weighted by molar-refractivity contribution is 0.380. The number of benzene rings is 1. The maximum Gasteiger partial charge on any atom is 0.244 e. The number of halogens is 2. The zero-order valence-electron chi connectivity index (χ0n) is 10.7. The van der Waals surface area contributed by atoms with Gasteiger partial charge >= 0.3 is 0 Å². The highest BCUT2D eigenvalue weighted by molar-refractivity contribution is 7.89. The summed E-state index contributed by atoms with van der Waals surface area (Å²) in [6, 6.07) is 4.74. The fraction of sp³-hybridized carbons (Fsp3) is 0.500. The van der Waals surface area contributed by atoms with Gasteiger partial charge in [-0.05, 0) is 31.0 Å². The quantitative estimate of drug-likeness (QED) is 0.781. The number of rotatable bonds is 5. The second-order valence-corrected chi connectivity index (χ2v) is 6.82. The summed E-state index contributed by atoms with van der Waals surface area (Å²) in [6.07, 6.45) is 0.739. The zero-order chi connectivity index (χ0) is 13.9. The van der Waals surface area contributed by atoms with Crippen molar-refractivity contribution in [2.75, 3.05) is 7.05 Å². The van der Waals surface area contributed by atoms with Crippen LogP contribution < -0.4 is 0 Å². The minimum absolute atomic E-state index is 0.0780. The summed E-state index contributed by atoms with van der Waals surface area (Å²) >= 11 is 11.7. The van der Waals surface area contributed by atoms with Crippen LogP contribution in [0.3, 0.4) is 0 Å². The van der Waals surface area contributed by atoms with Crippen molar-refractivity contribution in [3.05, 3.63) is 28.8 Å². The summed E-state index contributed by atoms with van der Waals surface area (Å²) in [6.45, 7) is 3.80. The van der Waals surface area contributed by atoms with Crippen LogP contribution in [0.25, 0.3) is 0 Å². The largest absolute Gasteiger partial charge is 0.244 e. The number of hydrogen-bond donors (Lipinski definition) is 0. The van der Waals surface area contributed by atoms with Gasteiger partial charge in [-0.1, -0.05) is 24.6 Å². The molecule has 1 aromatic carbocycles. The summed E-state index contributed by atoms with van der Waals surface area (Å²) < 4.78 is 26.2. The standard InChI is InChI=1S/C12H17Cl2NO2S/c1-4-9(2)15(3)18(16,17)12-7-10(8-13)5-6-11(12)14/h5-7,9H,4,8H2,1-3H3. The highest BCUT2D eigenvalue weighted by Crippen LogP contribution is 2.27. The molecule has 1 rings (SSSR count). The van der Waals surface area contributed by atoms with Crippen LogP contribution in [0.2, 0.25) is 5.02 Å². The van der Waals surface area contributed by atoms with E-state index < -0.39 is 10.0 Å². The molecule has 0 saturated carbocycles. The van der Waals surface area contributed by atoms with E-state index in [0.717, 1.165) is 12.0 Å². The summed E-state index contributed by atoms with van der Waals surface area (Å²) in [4.78, 5) is 0.116. The van der Waals surface area contributed by atoms with Gasteiger partial charge in [0.05, 0.1) is 5.02 Å². The second kappa shape index (κ2) is 6.24. The molecule has 1 unspecified atom stereocenters. The number of nitrogens with zero attached hydrogens (tertiary/aromatic N) is 1. The van der Waals surface area contributed by atoms with Crippen molar-refractivity contribution in [1.82, 2.24) is 4.31 Å². The van der Waals surface area contributed by atoms with Gasteiger partial charge in [-0.2, -0.15) is 4.31 Å². The maximum atomic E-state index is 12.4. The van der Waals surface area contributed by atoms with Crippen molar-refractivity contribution in [2.24, 2.45) is 0 Å². The van der Waals surface area contributed by atoms with Crippen LogP contribution >= 0.6 is 23.2 Å². The summed E-state index contributed by atoms with van der Waals surface area (Å²) in [5.74, 6) is 0.257. The SMILES string of the molecule is CCC(C)N(C)S(=O)(=O)c1cc(CCl)ccc1Cl. The highest BCUT2D eigenvalue weighted by Gasteiger charge is 2.26. The van der Waals surface area contributed by atoms with Gasteiger partial charge in [-0.15, -0.1) is 11.6 Å². The van der Waals surface area contributed by atoms with Gasteiger partial charge in [0.25, 0.3) is 0 Å². The molecule has 0 aromatic heterocycles. The lowest BCUT2D eigenvalue weighted by Crippen LogP contribution is -2.34. The molecule has 3 nitrogen and oxygen atoms in total. The number of alkyl halides is 1. The first-order chi connectivity index (χ1) is 8.34. The van der Waals surface area contributed by atoms with Gasteiger partial charge in [0.1, 0.15) is 4.90 Å². The van der Waals surface area contributed by atoms with Gasteiger partial charge in [0.2, 0.25) is 10.0 Å². The molecule has 0 aliphatic rings. The van der Waals surface area contributed by atoms with Crippen LogP contribution in [0.1, 0.15) is 25.8 Å². The lowest BCUT2D eigenvalue weighted by Gasteiger charge is -2.23. The first-order valence-electron chi connectivity index (χ1n) is 5.67. The monoisotopic (exact) mass is 309 g/mol. The van der Waals surface area contributed by atoms with Crippen molar-refractivity contribution in [3.63, 3.8) is 0 Å². The van der Waals surface area contributed by atoms with Crippen molar-refractivity contribution in [3.8, 4) is 0 Å². The van der Waals surface area contributed by atoms with Crippen molar-refractivity contribution >= 4 is 33.2 Å². The third-order valence-corrected chi connectivity index (χ3v) is 5.78. The fourth-order valence-electron chi connectivity index (χ4n) is 1.48. The molecule has 0 aliphatic carbocycles. The molecule has 6 heteroatoms. The van der Waals surface area contributed by atoms with Gasteiger partial charge in [0, 0.05) is 19.0 Å². The van der Waals surface area contributed by atoms with Crippen LogP contribution in [-0.2, 0) is 15.9 Å². The third-order valence-electron chi connectivity index (χ3n) is 3.02. The summed E-state index contributed by atoms with van der Waals surface area (Å²) in [5.41, 5.74) is 0.734. The highest BCUT2D eigenvalue weighted by atomic mass is 35.5. The van der Waals surface area contributed by atoms with E-state index in [1.807, 2.05) is 13.8 Å². The number of sulfonamides is 1. The molecule has 0 N–H and O–H groups in total. The summed E-state index contributed by atoms with van der Waals surface area (Å²) in [7, 11) is -2.01. The van der Waals surface area contributed by atoms with Gasteiger partial charge in [-0.3, -0.25) is 0 Å². The van der Waals surface area contributed by atoms with E-state index >= 15 is 0 Å². The Morgan fingerprint density at radius 2 is 2.00 bits per heavy atom. The normalized spacial score (nSPS) is 13.9. The average Bonchev–Trinajstić information content (AvgIpc) is 2.37. The van der Waals surface area contributed by atoms with Crippen LogP contribution in [-0.4, -0.2) is 25.8 Å². The van der Waals surface area contributed by atoms with Gasteiger partial charge in [-0.25, -0.2) is 8.42 Å². The average molecular weight is 310 g/mol. The molecule has 1 atom stereocenters. The fourth-order valence-corrected chi connectivity index (χ4v) is 3.60. The molecule has 0 heterocycles. The molecule has 1 aromatic rings. The van der Waals surface area contributed by atoms with E-state index in [9.17, 15) is 8.42 Å². The Labute approximate surface area is 119 Å². The molecule has 0 aliphatic heterocycles. The van der Waals surface area contributed by atoms with E-state index in [1.165, 1.54) is 10.4 Å². The second-order valence-electron chi connectivity index (χ2n) is 4.18. The topological polar surface area (TPSA) is 37.4 Å². The predicted molar refractivity (Wildman–Crippen MR) is 75.7 cm³/mol. The van der Waals surface area contributed by atoms with Gasteiger partial charge < -0.3 is 0 Å². The first-order valence-corrected chi connectivity index (χ1v) is 8.02. The van der Waals surface area contributed by atoms with Crippen LogP contribution in [0.15, 0.2) is 23.1 Å². The van der Waals surface area contributed by atoms with Gasteiger partial charge in [0.15, 0.2) is 0 Å². The first kappa shape index (κ1) is 15.8. The molecule has 102 valence electrons.